The highest BCUT2D eigenvalue weighted by atomic mass is 32.2. The van der Waals surface area contributed by atoms with E-state index >= 15 is 0 Å². The molecular formula is C12H18N4O2S. The zero-order valence-electron chi connectivity index (χ0n) is 11.1. The molecule has 19 heavy (non-hydrogen) atoms. The number of pyridine rings is 1. The first-order valence-electron chi connectivity index (χ1n) is 6.09. The average molecular weight is 282 g/mol. The maximum absolute atomic E-state index is 11.5. The molecule has 0 aliphatic rings. The van der Waals surface area contributed by atoms with Gasteiger partial charge in [0.1, 0.15) is 5.82 Å². The van der Waals surface area contributed by atoms with Crippen molar-refractivity contribution in [2.75, 3.05) is 20.6 Å². The van der Waals surface area contributed by atoms with E-state index in [9.17, 15) is 8.42 Å². The minimum Gasteiger partial charge on any atom is -0.304 e. The number of fused-ring (bicyclic) bond motifs is 1. The molecule has 0 aliphatic carbocycles. The fourth-order valence-electron chi connectivity index (χ4n) is 1.76. The molecule has 0 saturated heterocycles. The number of aromatic nitrogens is 2. The number of rotatable bonds is 6. The lowest BCUT2D eigenvalue weighted by atomic mass is 10.3. The molecule has 7 heteroatoms. The van der Waals surface area contributed by atoms with E-state index in [1.54, 1.807) is 0 Å². The highest BCUT2D eigenvalue weighted by Gasteiger charge is 2.11. The van der Waals surface area contributed by atoms with Crippen molar-refractivity contribution in [1.82, 2.24) is 18.4 Å². The first-order valence-corrected chi connectivity index (χ1v) is 7.53. The molecule has 0 unspecified atom stereocenters. The van der Waals surface area contributed by atoms with E-state index in [1.165, 1.54) is 14.1 Å². The van der Waals surface area contributed by atoms with Crippen LogP contribution in [0.1, 0.15) is 12.2 Å². The maximum atomic E-state index is 11.5. The summed E-state index contributed by atoms with van der Waals surface area (Å²) >= 11 is 0. The van der Waals surface area contributed by atoms with Gasteiger partial charge in [0.2, 0.25) is 0 Å². The molecule has 0 fully saturated rings. The monoisotopic (exact) mass is 282 g/mol. The van der Waals surface area contributed by atoms with Crippen LogP contribution in [0.25, 0.3) is 5.52 Å². The minimum absolute atomic E-state index is 0.405. The number of imidazole rings is 1. The topological polar surface area (TPSA) is 66.7 Å². The van der Waals surface area contributed by atoms with Crippen LogP contribution >= 0.6 is 0 Å². The Balaban J connectivity index is 1.90. The van der Waals surface area contributed by atoms with Crippen LogP contribution in [0.5, 0.6) is 0 Å². The van der Waals surface area contributed by atoms with E-state index in [0.29, 0.717) is 13.0 Å². The van der Waals surface area contributed by atoms with E-state index in [4.69, 9.17) is 0 Å². The van der Waals surface area contributed by atoms with Gasteiger partial charge < -0.3 is 4.40 Å². The van der Waals surface area contributed by atoms with Gasteiger partial charge in [-0.05, 0) is 18.6 Å². The smallest absolute Gasteiger partial charge is 0.278 e. The second-order valence-corrected chi connectivity index (χ2v) is 6.42. The molecule has 0 atom stereocenters. The fraction of sp³-hybridized carbons (Fsp3) is 0.417. The Morgan fingerprint density at radius 1 is 1.37 bits per heavy atom. The molecule has 0 aromatic carbocycles. The van der Waals surface area contributed by atoms with E-state index in [-0.39, 0.29) is 0 Å². The zero-order chi connectivity index (χ0) is 13.9. The van der Waals surface area contributed by atoms with Crippen LogP contribution in [-0.4, -0.2) is 42.7 Å². The molecule has 0 aliphatic heterocycles. The quantitative estimate of drug-likeness (QED) is 0.792. The lowest BCUT2D eigenvalue weighted by molar-refractivity contribution is 0.504. The van der Waals surface area contributed by atoms with Crippen LogP contribution in [0.3, 0.4) is 0 Å². The Kier molecular flexibility index (Phi) is 4.18. The Bertz CT molecular complexity index is 649. The van der Waals surface area contributed by atoms with Crippen molar-refractivity contribution < 1.29 is 8.42 Å². The van der Waals surface area contributed by atoms with Crippen molar-refractivity contribution in [3.05, 3.63) is 36.4 Å². The molecule has 0 spiro atoms. The standard InChI is InChI=1S/C12H18N4O2S/c1-15(2)19(17,18)14-8-5-7-12-13-10-11-6-3-4-9-16(11)12/h3-4,6,9-10,14H,5,7-8H2,1-2H3. The number of nitrogens with one attached hydrogen (secondary N) is 1. The summed E-state index contributed by atoms with van der Waals surface area (Å²) in [4.78, 5) is 4.34. The molecule has 0 amide bonds. The highest BCUT2D eigenvalue weighted by molar-refractivity contribution is 7.87. The molecule has 2 aromatic rings. The third kappa shape index (κ3) is 3.31. The van der Waals surface area contributed by atoms with Crippen LogP contribution < -0.4 is 4.72 Å². The minimum atomic E-state index is -3.33. The molecule has 2 rings (SSSR count). The SMILES string of the molecule is CN(C)S(=O)(=O)NCCCc1ncc2ccccn12. The average Bonchev–Trinajstić information content (AvgIpc) is 2.78. The summed E-state index contributed by atoms with van der Waals surface area (Å²) in [6, 6.07) is 5.91. The maximum Gasteiger partial charge on any atom is 0.278 e. The normalized spacial score (nSPS) is 12.4. The van der Waals surface area contributed by atoms with Crippen molar-refractivity contribution in [1.29, 1.82) is 0 Å². The number of hydrogen-bond acceptors (Lipinski definition) is 3. The predicted molar refractivity (Wildman–Crippen MR) is 74.1 cm³/mol. The largest absolute Gasteiger partial charge is 0.304 e. The van der Waals surface area contributed by atoms with Gasteiger partial charge in [-0.1, -0.05) is 6.07 Å². The summed E-state index contributed by atoms with van der Waals surface area (Å²) < 4.78 is 28.7. The van der Waals surface area contributed by atoms with Gasteiger partial charge in [0.25, 0.3) is 10.2 Å². The summed E-state index contributed by atoms with van der Waals surface area (Å²) in [6.07, 6.45) is 5.22. The van der Waals surface area contributed by atoms with Crippen LogP contribution in [-0.2, 0) is 16.6 Å². The first-order chi connectivity index (χ1) is 9.00. The first kappa shape index (κ1) is 14.0. The summed E-state index contributed by atoms with van der Waals surface area (Å²) in [5.74, 6) is 0.944. The third-order valence-corrected chi connectivity index (χ3v) is 4.39. The Hall–Kier alpha value is -1.44. The Labute approximate surface area is 113 Å². The second-order valence-electron chi connectivity index (χ2n) is 4.46. The van der Waals surface area contributed by atoms with Gasteiger partial charge >= 0.3 is 0 Å². The van der Waals surface area contributed by atoms with Gasteiger partial charge in [-0.2, -0.15) is 12.7 Å². The van der Waals surface area contributed by atoms with Gasteiger partial charge in [0.15, 0.2) is 0 Å². The molecule has 1 N–H and O–H groups in total. The van der Waals surface area contributed by atoms with Crippen molar-refractivity contribution in [3.8, 4) is 0 Å². The van der Waals surface area contributed by atoms with E-state index in [1.807, 2.05) is 35.0 Å². The molecular weight excluding hydrogens is 264 g/mol. The lowest BCUT2D eigenvalue weighted by Gasteiger charge is -2.11. The van der Waals surface area contributed by atoms with Crippen LogP contribution in [0.2, 0.25) is 0 Å². The van der Waals surface area contributed by atoms with Crippen molar-refractivity contribution in [2.24, 2.45) is 0 Å². The molecule has 6 nitrogen and oxygen atoms in total. The summed E-state index contributed by atoms with van der Waals surface area (Å²) in [7, 11) is -0.317. The van der Waals surface area contributed by atoms with Crippen molar-refractivity contribution in [2.45, 2.75) is 12.8 Å². The molecule has 2 aromatic heterocycles. The van der Waals surface area contributed by atoms with Gasteiger partial charge in [0.05, 0.1) is 11.7 Å². The van der Waals surface area contributed by atoms with Gasteiger partial charge in [-0.25, -0.2) is 9.71 Å². The van der Waals surface area contributed by atoms with Crippen molar-refractivity contribution >= 4 is 15.7 Å². The van der Waals surface area contributed by atoms with Gasteiger partial charge in [0, 0.05) is 33.3 Å². The van der Waals surface area contributed by atoms with Crippen LogP contribution in [0, 0.1) is 0 Å². The number of hydrogen-bond donors (Lipinski definition) is 1. The second kappa shape index (κ2) is 5.68. The fourth-order valence-corrected chi connectivity index (χ4v) is 2.42. The zero-order valence-corrected chi connectivity index (χ0v) is 11.9. The van der Waals surface area contributed by atoms with Gasteiger partial charge in [-0.15, -0.1) is 0 Å². The number of aryl methyl sites for hydroxylation is 1. The predicted octanol–water partition coefficient (Wildman–Crippen LogP) is 0.663. The van der Waals surface area contributed by atoms with Gasteiger partial charge in [-0.3, -0.25) is 0 Å². The molecule has 0 radical (unpaired) electrons. The Morgan fingerprint density at radius 2 is 2.16 bits per heavy atom. The van der Waals surface area contributed by atoms with Crippen LogP contribution in [0.15, 0.2) is 30.6 Å². The summed E-state index contributed by atoms with van der Waals surface area (Å²) in [5, 5.41) is 0. The molecule has 2 heterocycles. The summed E-state index contributed by atoms with van der Waals surface area (Å²) in [6.45, 7) is 0.405. The molecule has 0 bridgehead atoms. The highest BCUT2D eigenvalue weighted by Crippen LogP contribution is 2.07. The van der Waals surface area contributed by atoms with E-state index in [0.717, 1.165) is 22.1 Å². The molecule has 0 saturated carbocycles. The number of nitrogens with zero attached hydrogens (tertiary/aromatic N) is 3. The molecule has 104 valence electrons. The van der Waals surface area contributed by atoms with Crippen LogP contribution in [0.4, 0.5) is 0 Å². The lowest BCUT2D eigenvalue weighted by Crippen LogP contribution is -2.36. The third-order valence-electron chi connectivity index (χ3n) is 2.86. The Morgan fingerprint density at radius 3 is 2.89 bits per heavy atom. The summed E-state index contributed by atoms with van der Waals surface area (Å²) in [5.41, 5.74) is 1.05. The van der Waals surface area contributed by atoms with E-state index in [2.05, 4.69) is 9.71 Å². The van der Waals surface area contributed by atoms with E-state index < -0.39 is 10.2 Å². The van der Waals surface area contributed by atoms with Crippen molar-refractivity contribution in [3.63, 3.8) is 0 Å².